The lowest BCUT2D eigenvalue weighted by atomic mass is 10.0. The summed E-state index contributed by atoms with van der Waals surface area (Å²) >= 11 is 0. The van der Waals surface area contributed by atoms with E-state index in [9.17, 15) is 31.1 Å². The highest BCUT2D eigenvalue weighted by Crippen LogP contribution is 2.38. The number of hydrogen-bond acceptors (Lipinski definition) is 3. The fourth-order valence-electron chi connectivity index (χ4n) is 3.97. The molecule has 4 nitrogen and oxygen atoms in total. The molecule has 2 aromatic heterocycles. The molecule has 1 N–H and O–H groups in total. The SMILES string of the molecule is Cc1cc(-c2cc(=O)c3cc(F)ccc3[nH]2)c(N2CCCC(F)(F)CC2)nc1C(F)(F)F. The molecule has 0 atom stereocenters. The number of anilines is 1. The summed E-state index contributed by atoms with van der Waals surface area (Å²) in [5, 5.41) is 0.0845. The van der Waals surface area contributed by atoms with Gasteiger partial charge in [-0.15, -0.1) is 0 Å². The van der Waals surface area contributed by atoms with Crippen LogP contribution >= 0.6 is 0 Å². The third-order valence-corrected chi connectivity index (χ3v) is 5.56. The van der Waals surface area contributed by atoms with Gasteiger partial charge >= 0.3 is 6.18 Å². The molecule has 1 aliphatic heterocycles. The van der Waals surface area contributed by atoms with Gasteiger partial charge in [-0.3, -0.25) is 4.79 Å². The van der Waals surface area contributed by atoms with Crippen molar-refractivity contribution in [3.63, 3.8) is 0 Å². The molecule has 1 saturated heterocycles. The Labute approximate surface area is 178 Å². The van der Waals surface area contributed by atoms with Gasteiger partial charge in [0.25, 0.3) is 0 Å². The lowest BCUT2D eigenvalue weighted by molar-refractivity contribution is -0.141. The molecule has 0 saturated carbocycles. The third-order valence-electron chi connectivity index (χ3n) is 5.56. The number of aromatic nitrogens is 2. The van der Waals surface area contributed by atoms with Crippen molar-refractivity contribution < 1.29 is 26.3 Å². The molecule has 1 aromatic carbocycles. The maximum atomic E-state index is 13.9. The minimum absolute atomic E-state index is 0.0802. The second-order valence-corrected chi connectivity index (χ2v) is 7.96. The summed E-state index contributed by atoms with van der Waals surface area (Å²) in [4.78, 5) is 20.7. The van der Waals surface area contributed by atoms with Crippen molar-refractivity contribution >= 4 is 16.7 Å². The van der Waals surface area contributed by atoms with Crippen LogP contribution in [0, 0.1) is 12.7 Å². The number of alkyl halides is 5. The van der Waals surface area contributed by atoms with E-state index in [0.717, 1.165) is 18.2 Å². The van der Waals surface area contributed by atoms with Crippen molar-refractivity contribution in [3.8, 4) is 11.3 Å². The van der Waals surface area contributed by atoms with Crippen LogP contribution in [0.2, 0.25) is 0 Å². The summed E-state index contributed by atoms with van der Waals surface area (Å²) in [7, 11) is 0. The van der Waals surface area contributed by atoms with Crippen molar-refractivity contribution in [3.05, 3.63) is 57.6 Å². The fourth-order valence-corrected chi connectivity index (χ4v) is 3.97. The van der Waals surface area contributed by atoms with Crippen molar-refractivity contribution in [1.29, 1.82) is 0 Å². The number of aryl methyl sites for hydroxylation is 1. The minimum atomic E-state index is -4.73. The second kappa shape index (κ2) is 7.83. The zero-order chi connectivity index (χ0) is 23.3. The Bertz CT molecular complexity index is 1230. The molecular formula is C22H19F6N3O. The number of hydrogen-bond donors (Lipinski definition) is 1. The first kappa shape index (κ1) is 22.2. The Balaban J connectivity index is 1.91. The van der Waals surface area contributed by atoms with Gasteiger partial charge in [0.15, 0.2) is 5.43 Å². The van der Waals surface area contributed by atoms with Crippen LogP contribution in [0.15, 0.2) is 35.1 Å². The predicted molar refractivity (Wildman–Crippen MR) is 109 cm³/mol. The second-order valence-electron chi connectivity index (χ2n) is 7.96. The van der Waals surface area contributed by atoms with Crippen LogP contribution in [0.5, 0.6) is 0 Å². The Hall–Kier alpha value is -3.04. The first-order chi connectivity index (χ1) is 14.9. The van der Waals surface area contributed by atoms with Gasteiger partial charge in [0, 0.05) is 48.5 Å². The minimum Gasteiger partial charge on any atom is -0.356 e. The standard InChI is InChI=1S/C22H19F6N3O/c1-12-9-15(17-11-18(32)14-10-13(23)3-4-16(14)29-17)20(30-19(12)22(26,27)28)31-7-2-5-21(24,25)6-8-31/h3-4,9-11H,2,5-8H2,1H3,(H,29,32). The summed E-state index contributed by atoms with van der Waals surface area (Å²) < 4.78 is 81.9. The largest absolute Gasteiger partial charge is 0.433 e. The predicted octanol–water partition coefficient (Wildman–Crippen LogP) is 5.68. The number of halogens is 6. The number of rotatable bonds is 2. The molecule has 170 valence electrons. The molecule has 0 spiro atoms. The lowest BCUT2D eigenvalue weighted by Gasteiger charge is -2.26. The zero-order valence-corrected chi connectivity index (χ0v) is 17.0. The highest BCUT2D eigenvalue weighted by molar-refractivity contribution is 5.84. The van der Waals surface area contributed by atoms with Crippen LogP contribution in [0.3, 0.4) is 0 Å². The molecule has 3 aromatic rings. The van der Waals surface area contributed by atoms with E-state index in [-0.39, 0.29) is 54.0 Å². The van der Waals surface area contributed by atoms with Gasteiger partial charge in [0.2, 0.25) is 5.92 Å². The summed E-state index contributed by atoms with van der Waals surface area (Å²) in [6.45, 7) is 1.16. The molecule has 4 rings (SSSR count). The Kier molecular flexibility index (Phi) is 5.42. The molecular weight excluding hydrogens is 436 g/mol. The van der Waals surface area contributed by atoms with Crippen LogP contribution in [0.1, 0.15) is 30.5 Å². The van der Waals surface area contributed by atoms with E-state index < -0.39 is 35.5 Å². The number of benzene rings is 1. The van der Waals surface area contributed by atoms with Crippen molar-refractivity contribution in [1.82, 2.24) is 9.97 Å². The van der Waals surface area contributed by atoms with Gasteiger partial charge < -0.3 is 9.88 Å². The van der Waals surface area contributed by atoms with Gasteiger partial charge in [-0.2, -0.15) is 13.2 Å². The van der Waals surface area contributed by atoms with Crippen molar-refractivity contribution in [2.45, 2.75) is 38.3 Å². The van der Waals surface area contributed by atoms with Crippen LogP contribution in [0.4, 0.5) is 32.2 Å². The first-order valence-electron chi connectivity index (χ1n) is 9.99. The van der Waals surface area contributed by atoms with Crippen LogP contribution in [0.25, 0.3) is 22.2 Å². The summed E-state index contributed by atoms with van der Waals surface area (Å²) in [5.41, 5.74) is -1.17. The topological polar surface area (TPSA) is 49.0 Å². The Morgan fingerprint density at radius 2 is 1.84 bits per heavy atom. The highest BCUT2D eigenvalue weighted by atomic mass is 19.4. The van der Waals surface area contributed by atoms with Crippen molar-refractivity contribution in [2.24, 2.45) is 0 Å². The number of pyridine rings is 2. The maximum absolute atomic E-state index is 13.9. The number of nitrogens with one attached hydrogen (secondary N) is 1. The van der Waals surface area contributed by atoms with E-state index in [1.807, 2.05) is 0 Å². The highest BCUT2D eigenvalue weighted by Gasteiger charge is 2.37. The van der Waals surface area contributed by atoms with Crippen molar-refractivity contribution in [2.75, 3.05) is 18.0 Å². The average molecular weight is 455 g/mol. The molecule has 0 bridgehead atoms. The van der Waals surface area contributed by atoms with E-state index in [1.54, 1.807) is 0 Å². The molecule has 1 fully saturated rings. The van der Waals surface area contributed by atoms with Gasteiger partial charge in [0.1, 0.15) is 17.3 Å². The molecule has 10 heteroatoms. The van der Waals surface area contributed by atoms with Gasteiger partial charge in [0.05, 0.1) is 5.69 Å². The molecule has 0 unspecified atom stereocenters. The number of nitrogens with zero attached hydrogens (tertiary/aromatic N) is 2. The molecule has 0 radical (unpaired) electrons. The first-order valence-corrected chi connectivity index (χ1v) is 9.99. The van der Waals surface area contributed by atoms with Crippen LogP contribution in [-0.4, -0.2) is 29.0 Å². The molecule has 3 heterocycles. The van der Waals surface area contributed by atoms with Gasteiger partial charge in [-0.1, -0.05) is 0 Å². The van der Waals surface area contributed by atoms with Crippen LogP contribution < -0.4 is 10.3 Å². The molecule has 0 amide bonds. The lowest BCUT2D eigenvalue weighted by Crippen LogP contribution is -2.28. The fraction of sp³-hybridized carbons (Fsp3) is 0.364. The Morgan fingerprint density at radius 1 is 1.09 bits per heavy atom. The maximum Gasteiger partial charge on any atom is 0.433 e. The summed E-state index contributed by atoms with van der Waals surface area (Å²) in [6, 6.07) is 5.96. The van der Waals surface area contributed by atoms with E-state index in [2.05, 4.69) is 9.97 Å². The smallest absolute Gasteiger partial charge is 0.356 e. The summed E-state index contributed by atoms with van der Waals surface area (Å²) in [5.74, 6) is -3.64. The monoisotopic (exact) mass is 455 g/mol. The number of fused-ring (bicyclic) bond motifs is 1. The zero-order valence-electron chi connectivity index (χ0n) is 17.0. The van der Waals surface area contributed by atoms with E-state index in [0.29, 0.717) is 5.52 Å². The van der Waals surface area contributed by atoms with Gasteiger partial charge in [-0.05, 0) is 43.2 Å². The Morgan fingerprint density at radius 3 is 2.56 bits per heavy atom. The molecule has 1 aliphatic rings. The van der Waals surface area contributed by atoms with E-state index in [1.165, 1.54) is 24.0 Å². The third kappa shape index (κ3) is 4.31. The number of H-pyrrole nitrogens is 1. The normalized spacial score (nSPS) is 16.9. The summed E-state index contributed by atoms with van der Waals surface area (Å²) in [6.07, 6.45) is -5.54. The number of aromatic amines is 1. The molecule has 0 aliphatic carbocycles. The van der Waals surface area contributed by atoms with E-state index in [4.69, 9.17) is 0 Å². The van der Waals surface area contributed by atoms with Crippen LogP contribution in [-0.2, 0) is 6.18 Å². The quantitative estimate of drug-likeness (QED) is 0.506. The van der Waals surface area contributed by atoms with Gasteiger partial charge in [-0.25, -0.2) is 18.2 Å². The molecule has 32 heavy (non-hydrogen) atoms. The van der Waals surface area contributed by atoms with E-state index >= 15 is 0 Å². The average Bonchev–Trinajstić information content (AvgIpc) is 2.87.